The molecule has 0 aliphatic rings. The normalized spacial score (nSPS) is 10.4. The number of carbonyl (C=O) groups is 1. The van der Waals surface area contributed by atoms with Gasteiger partial charge in [0.15, 0.2) is 0 Å². The van der Waals surface area contributed by atoms with Gasteiger partial charge >= 0.3 is 5.97 Å². The first kappa shape index (κ1) is 13.0. The van der Waals surface area contributed by atoms with Crippen LogP contribution in [0.4, 0.5) is 5.82 Å². The molecule has 0 aliphatic heterocycles. The summed E-state index contributed by atoms with van der Waals surface area (Å²) in [6.45, 7) is 0. The second-order valence-corrected chi connectivity index (χ2v) is 5.71. The van der Waals surface area contributed by atoms with Crippen LogP contribution in [0.15, 0.2) is 28.2 Å². The van der Waals surface area contributed by atoms with Gasteiger partial charge in [0.1, 0.15) is 11.4 Å². The van der Waals surface area contributed by atoms with Crippen molar-refractivity contribution in [1.29, 1.82) is 0 Å². The molecule has 0 unspecified atom stereocenters. The molecule has 0 atom stereocenters. The number of pyridine rings is 1. The predicted molar refractivity (Wildman–Crippen MR) is 76.5 cm³/mol. The van der Waals surface area contributed by atoms with Crippen LogP contribution in [0.5, 0.6) is 0 Å². The van der Waals surface area contributed by atoms with Crippen molar-refractivity contribution < 1.29 is 9.90 Å². The Labute approximate surface area is 117 Å². The van der Waals surface area contributed by atoms with E-state index in [1.807, 2.05) is 11.4 Å². The maximum Gasteiger partial charge on any atom is 0.340 e. The second-order valence-electron chi connectivity index (χ2n) is 3.89. The summed E-state index contributed by atoms with van der Waals surface area (Å²) in [5.41, 5.74) is 0.925. The summed E-state index contributed by atoms with van der Waals surface area (Å²) in [7, 11) is 3.56. The zero-order valence-electron chi connectivity index (χ0n) is 9.85. The van der Waals surface area contributed by atoms with Crippen molar-refractivity contribution in [2.24, 2.45) is 0 Å². The topological polar surface area (TPSA) is 53.4 Å². The van der Waals surface area contributed by atoms with Crippen LogP contribution in [-0.2, 0) is 0 Å². The van der Waals surface area contributed by atoms with E-state index in [1.165, 1.54) is 11.3 Å². The van der Waals surface area contributed by atoms with Crippen LogP contribution >= 0.6 is 27.3 Å². The fraction of sp³-hybridized carbons (Fsp3) is 0.167. The molecule has 0 aromatic carbocycles. The van der Waals surface area contributed by atoms with Gasteiger partial charge in [0, 0.05) is 40.6 Å². The van der Waals surface area contributed by atoms with E-state index in [9.17, 15) is 9.90 Å². The zero-order chi connectivity index (χ0) is 13.3. The highest BCUT2D eigenvalue weighted by molar-refractivity contribution is 9.10. The Morgan fingerprint density at radius 2 is 2.22 bits per heavy atom. The third-order valence-electron chi connectivity index (χ3n) is 2.40. The average molecular weight is 327 g/mol. The minimum absolute atomic E-state index is 0.233. The molecule has 0 spiro atoms. The molecule has 0 bridgehead atoms. The highest BCUT2D eigenvalue weighted by Gasteiger charge is 2.20. The first-order chi connectivity index (χ1) is 8.50. The van der Waals surface area contributed by atoms with E-state index in [-0.39, 0.29) is 5.56 Å². The minimum Gasteiger partial charge on any atom is -0.478 e. The fourth-order valence-corrected chi connectivity index (χ4v) is 3.12. The first-order valence-electron chi connectivity index (χ1n) is 5.14. The van der Waals surface area contributed by atoms with Crippen LogP contribution in [0.1, 0.15) is 10.4 Å². The van der Waals surface area contributed by atoms with Crippen molar-refractivity contribution in [3.8, 4) is 10.4 Å². The molecule has 6 heteroatoms. The summed E-state index contributed by atoms with van der Waals surface area (Å²) in [4.78, 5) is 18.2. The number of hydrogen-bond donors (Lipinski definition) is 1. The molecule has 0 saturated carbocycles. The number of nitrogens with zero attached hydrogens (tertiary/aromatic N) is 2. The van der Waals surface area contributed by atoms with E-state index in [4.69, 9.17) is 0 Å². The lowest BCUT2D eigenvalue weighted by atomic mass is 10.1. The number of hydrogen-bond acceptors (Lipinski definition) is 4. The Morgan fingerprint density at radius 1 is 1.50 bits per heavy atom. The van der Waals surface area contributed by atoms with Gasteiger partial charge in [0.25, 0.3) is 0 Å². The molecule has 0 amide bonds. The van der Waals surface area contributed by atoms with Gasteiger partial charge in [-0.3, -0.25) is 0 Å². The Hall–Kier alpha value is -1.40. The van der Waals surface area contributed by atoms with Gasteiger partial charge < -0.3 is 10.0 Å². The highest BCUT2D eigenvalue weighted by atomic mass is 79.9. The third-order valence-corrected chi connectivity index (χ3v) is 4.13. The van der Waals surface area contributed by atoms with E-state index >= 15 is 0 Å². The maximum atomic E-state index is 11.5. The molecule has 0 aliphatic carbocycles. The number of carboxylic acids is 1. The van der Waals surface area contributed by atoms with Crippen LogP contribution in [0.3, 0.4) is 0 Å². The standard InChI is InChI=1S/C12H11BrN2O2S/c1-15(2)11-10(12(16)17)8(3-4-14-11)9-5-7(13)6-18-9/h3-6H,1-2H3,(H,16,17). The number of halogens is 1. The van der Waals surface area contributed by atoms with Crippen molar-refractivity contribution in [3.63, 3.8) is 0 Å². The van der Waals surface area contributed by atoms with E-state index in [2.05, 4.69) is 20.9 Å². The van der Waals surface area contributed by atoms with Gasteiger partial charge in [-0.1, -0.05) is 0 Å². The molecule has 2 aromatic rings. The Kier molecular flexibility index (Phi) is 3.68. The summed E-state index contributed by atoms with van der Waals surface area (Å²) in [6, 6.07) is 3.64. The quantitative estimate of drug-likeness (QED) is 0.939. The lowest BCUT2D eigenvalue weighted by Gasteiger charge is -2.15. The van der Waals surface area contributed by atoms with Gasteiger partial charge in [-0.15, -0.1) is 11.3 Å². The number of thiophene rings is 1. The molecule has 2 aromatic heterocycles. The van der Waals surface area contributed by atoms with Crippen molar-refractivity contribution in [2.75, 3.05) is 19.0 Å². The molecule has 0 radical (unpaired) electrons. The van der Waals surface area contributed by atoms with E-state index in [1.54, 1.807) is 31.3 Å². The molecular formula is C12H11BrN2O2S. The van der Waals surface area contributed by atoms with Crippen molar-refractivity contribution in [3.05, 3.63) is 33.7 Å². The molecule has 1 N–H and O–H groups in total. The largest absolute Gasteiger partial charge is 0.478 e. The molecule has 2 heterocycles. The van der Waals surface area contributed by atoms with Gasteiger partial charge in [0.05, 0.1) is 0 Å². The van der Waals surface area contributed by atoms with Crippen LogP contribution in [0, 0.1) is 0 Å². The minimum atomic E-state index is -0.966. The summed E-state index contributed by atoms with van der Waals surface area (Å²) in [6.07, 6.45) is 1.63. The molecule has 94 valence electrons. The van der Waals surface area contributed by atoms with E-state index < -0.39 is 5.97 Å². The molecule has 0 fully saturated rings. The number of rotatable bonds is 3. The van der Waals surface area contributed by atoms with Crippen LogP contribution < -0.4 is 4.90 Å². The first-order valence-corrected chi connectivity index (χ1v) is 6.82. The van der Waals surface area contributed by atoms with Crippen LogP contribution in [0.25, 0.3) is 10.4 Å². The molecule has 18 heavy (non-hydrogen) atoms. The van der Waals surface area contributed by atoms with Gasteiger partial charge in [-0.2, -0.15) is 0 Å². The smallest absolute Gasteiger partial charge is 0.340 e. The summed E-state index contributed by atoms with van der Waals surface area (Å²) < 4.78 is 0.946. The molecule has 2 rings (SSSR count). The van der Waals surface area contributed by atoms with Crippen LogP contribution in [0.2, 0.25) is 0 Å². The predicted octanol–water partition coefficient (Wildman–Crippen LogP) is 3.34. The third kappa shape index (κ3) is 2.39. The molecular weight excluding hydrogens is 316 g/mol. The Morgan fingerprint density at radius 3 is 2.72 bits per heavy atom. The Balaban J connectivity index is 2.67. The van der Waals surface area contributed by atoms with E-state index in [0.29, 0.717) is 11.4 Å². The highest BCUT2D eigenvalue weighted by Crippen LogP contribution is 2.34. The lowest BCUT2D eigenvalue weighted by Crippen LogP contribution is -2.16. The van der Waals surface area contributed by atoms with Crippen molar-refractivity contribution in [2.45, 2.75) is 0 Å². The summed E-state index contributed by atoms with van der Waals surface area (Å²) >= 11 is 4.87. The van der Waals surface area contributed by atoms with Gasteiger partial charge in [-0.05, 0) is 28.1 Å². The zero-order valence-corrected chi connectivity index (χ0v) is 12.2. The monoisotopic (exact) mass is 326 g/mol. The average Bonchev–Trinajstić information content (AvgIpc) is 2.74. The Bertz CT molecular complexity index is 596. The maximum absolute atomic E-state index is 11.5. The lowest BCUT2D eigenvalue weighted by molar-refractivity contribution is 0.0698. The number of carboxylic acid groups (broad SMARTS) is 1. The van der Waals surface area contributed by atoms with Gasteiger partial charge in [0.2, 0.25) is 0 Å². The fourth-order valence-electron chi connectivity index (χ4n) is 1.66. The van der Waals surface area contributed by atoms with Crippen LogP contribution in [-0.4, -0.2) is 30.2 Å². The summed E-state index contributed by atoms with van der Waals surface area (Å²) in [5.74, 6) is -0.504. The molecule has 4 nitrogen and oxygen atoms in total. The summed E-state index contributed by atoms with van der Waals surface area (Å²) in [5, 5.41) is 11.3. The SMILES string of the molecule is CN(C)c1nccc(-c2cc(Br)cs2)c1C(=O)O. The van der Waals surface area contributed by atoms with Crippen molar-refractivity contribution in [1.82, 2.24) is 4.98 Å². The van der Waals surface area contributed by atoms with Crippen molar-refractivity contribution >= 4 is 39.1 Å². The van der Waals surface area contributed by atoms with E-state index in [0.717, 1.165) is 9.35 Å². The second kappa shape index (κ2) is 5.07. The number of aromatic nitrogens is 1. The van der Waals surface area contributed by atoms with Gasteiger partial charge in [-0.25, -0.2) is 9.78 Å². The molecule has 0 saturated heterocycles. The number of aromatic carboxylic acids is 1. The number of anilines is 1.